The Balaban J connectivity index is 2.94. The van der Waals surface area contributed by atoms with Crippen molar-refractivity contribution in [2.45, 2.75) is 23.8 Å². The predicted molar refractivity (Wildman–Crippen MR) is 68.4 cm³/mol. The minimum atomic E-state index is -3.37. The van der Waals surface area contributed by atoms with Crippen LogP contribution in [0.15, 0.2) is 23.1 Å². The number of carboxylic acids is 1. The van der Waals surface area contributed by atoms with Gasteiger partial charge >= 0.3 is 5.97 Å². The van der Waals surface area contributed by atoms with E-state index in [1.807, 2.05) is 0 Å². The zero-order chi connectivity index (χ0) is 13.9. The summed E-state index contributed by atoms with van der Waals surface area (Å²) in [6.07, 6.45) is 1.29. The average Bonchev–Trinajstić information content (AvgIpc) is 2.23. The van der Waals surface area contributed by atoms with Gasteiger partial charge in [-0.2, -0.15) is 0 Å². The van der Waals surface area contributed by atoms with Crippen LogP contribution in [0.4, 0.5) is 0 Å². The number of hydrogen-bond acceptors (Lipinski definition) is 4. The third-order valence-corrected chi connectivity index (χ3v) is 4.03. The molecule has 7 heteroatoms. The van der Waals surface area contributed by atoms with Crippen LogP contribution in [-0.4, -0.2) is 25.7 Å². The lowest BCUT2D eigenvalue weighted by Gasteiger charge is -2.12. The van der Waals surface area contributed by atoms with Gasteiger partial charge in [0.05, 0.1) is 9.92 Å². The van der Waals surface area contributed by atoms with Crippen molar-refractivity contribution in [3.8, 4) is 0 Å². The molecule has 1 unspecified atom stereocenters. The van der Waals surface area contributed by atoms with Crippen molar-refractivity contribution in [1.82, 2.24) is 0 Å². The number of halogens is 1. The molecule has 5 nitrogen and oxygen atoms in total. The van der Waals surface area contributed by atoms with E-state index in [9.17, 15) is 13.2 Å². The second-order valence-corrected chi connectivity index (χ2v) is 6.39. The number of rotatable bonds is 5. The lowest BCUT2D eigenvalue weighted by molar-refractivity contribution is -0.137. The topological polar surface area (TPSA) is 97.5 Å². The van der Waals surface area contributed by atoms with E-state index in [4.69, 9.17) is 22.4 Å². The van der Waals surface area contributed by atoms with E-state index >= 15 is 0 Å². The maximum atomic E-state index is 11.4. The molecule has 0 radical (unpaired) electrons. The van der Waals surface area contributed by atoms with Crippen molar-refractivity contribution >= 4 is 27.4 Å². The van der Waals surface area contributed by atoms with Gasteiger partial charge in [-0.05, 0) is 24.1 Å². The summed E-state index contributed by atoms with van der Waals surface area (Å²) >= 11 is 5.87. The van der Waals surface area contributed by atoms with Crippen molar-refractivity contribution in [3.63, 3.8) is 0 Å². The summed E-state index contributed by atoms with van der Waals surface area (Å²) in [7, 11) is -3.37. The molecule has 0 saturated carbocycles. The number of nitrogens with two attached hydrogens (primary N) is 1. The molecule has 0 spiro atoms. The third-order valence-electron chi connectivity index (χ3n) is 2.45. The van der Waals surface area contributed by atoms with Crippen LogP contribution in [0, 0.1) is 0 Å². The first kappa shape index (κ1) is 14.9. The Morgan fingerprint density at radius 1 is 1.50 bits per heavy atom. The van der Waals surface area contributed by atoms with Crippen molar-refractivity contribution in [3.05, 3.63) is 28.8 Å². The smallest absolute Gasteiger partial charge is 0.303 e. The fourth-order valence-electron chi connectivity index (χ4n) is 1.49. The van der Waals surface area contributed by atoms with Gasteiger partial charge in [-0.3, -0.25) is 4.79 Å². The molecule has 0 aliphatic carbocycles. The fraction of sp³-hybridized carbons (Fsp3) is 0.364. The SMILES string of the molecule is CS(=O)(=O)c1ccc(C(N)CCC(=O)O)cc1Cl. The monoisotopic (exact) mass is 291 g/mol. The largest absolute Gasteiger partial charge is 0.481 e. The highest BCUT2D eigenvalue weighted by Crippen LogP contribution is 2.26. The van der Waals surface area contributed by atoms with Crippen molar-refractivity contribution in [2.24, 2.45) is 5.73 Å². The van der Waals surface area contributed by atoms with Crippen LogP contribution < -0.4 is 5.73 Å². The maximum Gasteiger partial charge on any atom is 0.303 e. The second kappa shape index (κ2) is 5.69. The number of hydrogen-bond donors (Lipinski definition) is 2. The maximum absolute atomic E-state index is 11.4. The summed E-state index contributed by atoms with van der Waals surface area (Å²) in [5.41, 5.74) is 6.42. The molecular weight excluding hydrogens is 278 g/mol. The first-order valence-corrected chi connectivity index (χ1v) is 7.45. The molecule has 0 amide bonds. The van der Waals surface area contributed by atoms with Gasteiger partial charge in [0.1, 0.15) is 0 Å². The molecule has 0 aliphatic heterocycles. The molecule has 18 heavy (non-hydrogen) atoms. The first-order valence-electron chi connectivity index (χ1n) is 5.18. The van der Waals surface area contributed by atoms with E-state index in [1.165, 1.54) is 12.1 Å². The molecule has 0 bridgehead atoms. The molecule has 0 aliphatic rings. The average molecular weight is 292 g/mol. The number of carboxylic acid groups (broad SMARTS) is 1. The zero-order valence-electron chi connectivity index (χ0n) is 9.76. The van der Waals surface area contributed by atoms with Crippen LogP contribution in [0.25, 0.3) is 0 Å². The van der Waals surface area contributed by atoms with Crippen LogP contribution in [-0.2, 0) is 14.6 Å². The Labute approximate surface area is 110 Å². The van der Waals surface area contributed by atoms with Crippen LogP contribution >= 0.6 is 11.6 Å². The molecule has 1 aromatic carbocycles. The van der Waals surface area contributed by atoms with E-state index in [-0.39, 0.29) is 22.8 Å². The van der Waals surface area contributed by atoms with Gasteiger partial charge in [0, 0.05) is 18.7 Å². The lowest BCUT2D eigenvalue weighted by atomic mass is 10.0. The van der Waals surface area contributed by atoms with Crippen LogP contribution in [0.2, 0.25) is 5.02 Å². The molecule has 100 valence electrons. The summed E-state index contributed by atoms with van der Waals surface area (Å²) in [4.78, 5) is 10.5. The molecule has 1 rings (SSSR count). The summed E-state index contributed by atoms with van der Waals surface area (Å²) < 4.78 is 22.7. The van der Waals surface area contributed by atoms with Gasteiger partial charge in [0.2, 0.25) is 0 Å². The van der Waals surface area contributed by atoms with Gasteiger partial charge in [0.25, 0.3) is 0 Å². The quantitative estimate of drug-likeness (QED) is 0.859. The molecule has 0 aromatic heterocycles. The van der Waals surface area contributed by atoms with Gasteiger partial charge in [-0.15, -0.1) is 0 Å². The van der Waals surface area contributed by atoms with Crippen LogP contribution in [0.5, 0.6) is 0 Å². The van der Waals surface area contributed by atoms with E-state index in [1.54, 1.807) is 6.07 Å². The first-order chi connectivity index (χ1) is 8.21. The predicted octanol–water partition coefficient (Wildman–Crippen LogP) is 1.61. The minimum absolute atomic E-state index is 0.0401. The van der Waals surface area contributed by atoms with E-state index in [2.05, 4.69) is 0 Å². The molecule has 0 saturated heterocycles. The summed E-state index contributed by atoms with van der Waals surface area (Å²) in [6.45, 7) is 0. The Morgan fingerprint density at radius 2 is 2.11 bits per heavy atom. The van der Waals surface area contributed by atoms with Gasteiger partial charge in [0.15, 0.2) is 9.84 Å². The standard InChI is InChI=1S/C11H14ClNO4S/c1-18(16,17)10-4-2-7(6-8(10)12)9(13)3-5-11(14)15/h2,4,6,9H,3,5,13H2,1H3,(H,14,15). The van der Waals surface area contributed by atoms with E-state index < -0.39 is 21.8 Å². The molecule has 3 N–H and O–H groups in total. The van der Waals surface area contributed by atoms with Crippen molar-refractivity contribution in [1.29, 1.82) is 0 Å². The Morgan fingerprint density at radius 3 is 2.56 bits per heavy atom. The van der Waals surface area contributed by atoms with Crippen molar-refractivity contribution in [2.75, 3.05) is 6.26 Å². The third kappa shape index (κ3) is 3.97. The van der Waals surface area contributed by atoms with Gasteiger partial charge in [-0.1, -0.05) is 17.7 Å². The van der Waals surface area contributed by atoms with Crippen LogP contribution in [0.3, 0.4) is 0 Å². The lowest BCUT2D eigenvalue weighted by Crippen LogP contribution is -2.12. The Hall–Kier alpha value is -1.11. The summed E-state index contributed by atoms with van der Waals surface area (Å²) in [6, 6.07) is 3.92. The van der Waals surface area contributed by atoms with Gasteiger partial charge < -0.3 is 10.8 Å². The van der Waals surface area contributed by atoms with Crippen molar-refractivity contribution < 1.29 is 18.3 Å². The highest BCUT2D eigenvalue weighted by Gasteiger charge is 2.15. The molecule has 1 aromatic rings. The zero-order valence-corrected chi connectivity index (χ0v) is 11.3. The number of sulfone groups is 1. The molecular formula is C11H14ClNO4S. The fourth-order valence-corrected chi connectivity index (χ4v) is 2.83. The Bertz CT molecular complexity index is 556. The minimum Gasteiger partial charge on any atom is -0.481 e. The number of carbonyl (C=O) groups is 1. The highest BCUT2D eigenvalue weighted by molar-refractivity contribution is 7.90. The highest BCUT2D eigenvalue weighted by atomic mass is 35.5. The Kier molecular flexibility index (Phi) is 4.72. The molecule has 0 heterocycles. The summed E-state index contributed by atoms with van der Waals surface area (Å²) in [5.74, 6) is -0.927. The molecule has 0 fully saturated rings. The van der Waals surface area contributed by atoms with Crippen LogP contribution in [0.1, 0.15) is 24.4 Å². The number of aliphatic carboxylic acids is 1. The summed E-state index contributed by atoms with van der Waals surface area (Å²) in [5, 5.41) is 8.65. The molecule has 1 atom stereocenters. The second-order valence-electron chi connectivity index (χ2n) is 4.00. The number of benzene rings is 1. The normalized spacial score (nSPS) is 13.3. The van der Waals surface area contributed by atoms with Gasteiger partial charge in [-0.25, -0.2) is 8.42 Å². The van der Waals surface area contributed by atoms with E-state index in [0.29, 0.717) is 5.56 Å². The van der Waals surface area contributed by atoms with E-state index in [0.717, 1.165) is 6.26 Å².